The molecule has 0 saturated heterocycles. The van der Waals surface area contributed by atoms with Crippen LogP contribution < -0.4 is 0 Å². The van der Waals surface area contributed by atoms with Crippen molar-refractivity contribution in [2.75, 3.05) is 0 Å². The zero-order valence-electron chi connectivity index (χ0n) is 10.9. The van der Waals surface area contributed by atoms with Gasteiger partial charge in [-0.05, 0) is 30.3 Å². The van der Waals surface area contributed by atoms with Crippen molar-refractivity contribution >= 4 is 32.2 Å². The normalized spacial score (nSPS) is 11.2. The van der Waals surface area contributed by atoms with Gasteiger partial charge >= 0.3 is 0 Å². The molecule has 3 aromatic heterocycles. The van der Waals surface area contributed by atoms with E-state index in [1.807, 2.05) is 18.2 Å². The second kappa shape index (κ2) is 5.22. The molecule has 4 aromatic rings. The van der Waals surface area contributed by atoms with Gasteiger partial charge < -0.3 is 0 Å². The zero-order valence-corrected chi connectivity index (χ0v) is 13.3. The molecule has 0 bridgehead atoms. The Morgan fingerprint density at radius 1 is 1.14 bits per heavy atom. The van der Waals surface area contributed by atoms with Gasteiger partial charge in [-0.1, -0.05) is 33.3 Å². The molecule has 0 aliphatic heterocycles. The number of pyridine rings is 1. The molecule has 0 N–H and O–H groups in total. The van der Waals surface area contributed by atoms with E-state index in [1.54, 1.807) is 22.8 Å². The van der Waals surface area contributed by atoms with E-state index in [0.29, 0.717) is 31.5 Å². The molecule has 0 saturated carbocycles. The highest BCUT2D eigenvalue weighted by atomic mass is 79.9. The van der Waals surface area contributed by atoms with E-state index >= 15 is 0 Å². The summed E-state index contributed by atoms with van der Waals surface area (Å²) in [4.78, 5) is 4.84. The van der Waals surface area contributed by atoms with Crippen LogP contribution in [0.25, 0.3) is 27.1 Å². The van der Waals surface area contributed by atoms with Crippen LogP contribution in [-0.4, -0.2) is 24.8 Å². The molecule has 0 unspecified atom stereocenters. The summed E-state index contributed by atoms with van der Waals surface area (Å²) >= 11 is 4.53. The Labute approximate surface area is 136 Å². The molecule has 0 fully saturated rings. The number of nitrogens with zero attached hydrogens (tertiary/aromatic N) is 5. The first-order valence-corrected chi connectivity index (χ1v) is 7.92. The van der Waals surface area contributed by atoms with E-state index in [-0.39, 0.29) is 5.82 Å². The molecule has 5 nitrogen and oxygen atoms in total. The van der Waals surface area contributed by atoms with E-state index in [0.717, 1.165) is 0 Å². The Bertz CT molecular complexity index is 966. The molecule has 108 valence electrons. The van der Waals surface area contributed by atoms with Gasteiger partial charge in [-0.2, -0.15) is 9.61 Å². The van der Waals surface area contributed by atoms with Crippen LogP contribution in [0.2, 0.25) is 0 Å². The molecule has 3 heterocycles. The molecule has 0 aliphatic rings. The van der Waals surface area contributed by atoms with Gasteiger partial charge in [-0.3, -0.25) is 4.98 Å². The van der Waals surface area contributed by atoms with Gasteiger partial charge in [0.1, 0.15) is 11.5 Å². The van der Waals surface area contributed by atoms with E-state index in [2.05, 4.69) is 36.2 Å². The standard InChI is InChI=1S/C14H7BrFN5S/c15-8-4-5-9(10(16)7-8)13-20-21-12(18-19-14(21)22-13)11-3-1-2-6-17-11/h1-7H. The summed E-state index contributed by atoms with van der Waals surface area (Å²) in [5.74, 6) is 0.203. The van der Waals surface area contributed by atoms with E-state index < -0.39 is 0 Å². The summed E-state index contributed by atoms with van der Waals surface area (Å²) in [7, 11) is 0. The lowest BCUT2D eigenvalue weighted by molar-refractivity contribution is 0.630. The minimum absolute atomic E-state index is 0.335. The Morgan fingerprint density at radius 2 is 2.05 bits per heavy atom. The maximum atomic E-state index is 14.1. The molecule has 0 spiro atoms. The SMILES string of the molecule is Fc1cc(Br)ccc1-c1nn2c(-c3ccccn3)nnc2s1. The van der Waals surface area contributed by atoms with Crippen molar-refractivity contribution in [3.05, 3.63) is 52.9 Å². The number of rotatable bonds is 2. The number of hydrogen-bond acceptors (Lipinski definition) is 5. The molecule has 0 amide bonds. The fourth-order valence-electron chi connectivity index (χ4n) is 2.04. The maximum Gasteiger partial charge on any atom is 0.235 e. The number of hydrogen-bond donors (Lipinski definition) is 0. The van der Waals surface area contributed by atoms with Crippen LogP contribution in [0, 0.1) is 5.82 Å². The highest BCUT2D eigenvalue weighted by Gasteiger charge is 2.17. The van der Waals surface area contributed by atoms with Crippen LogP contribution in [0.1, 0.15) is 0 Å². The van der Waals surface area contributed by atoms with Gasteiger partial charge in [-0.15, -0.1) is 10.2 Å². The average Bonchev–Trinajstić information content (AvgIpc) is 3.08. The van der Waals surface area contributed by atoms with Crippen molar-refractivity contribution in [1.29, 1.82) is 0 Å². The second-order valence-corrected chi connectivity index (χ2v) is 6.34. The summed E-state index contributed by atoms with van der Waals surface area (Å²) in [6.07, 6.45) is 1.68. The Balaban J connectivity index is 1.87. The van der Waals surface area contributed by atoms with Crippen LogP contribution in [-0.2, 0) is 0 Å². The molecular formula is C14H7BrFN5S. The van der Waals surface area contributed by atoms with Gasteiger partial charge in [0.05, 0.1) is 0 Å². The highest BCUT2D eigenvalue weighted by Crippen LogP contribution is 2.30. The molecule has 0 atom stereocenters. The summed E-state index contributed by atoms with van der Waals surface area (Å²) < 4.78 is 16.3. The number of aromatic nitrogens is 5. The Morgan fingerprint density at radius 3 is 2.82 bits per heavy atom. The van der Waals surface area contributed by atoms with Gasteiger partial charge in [0, 0.05) is 16.2 Å². The van der Waals surface area contributed by atoms with Crippen LogP contribution in [0.5, 0.6) is 0 Å². The summed E-state index contributed by atoms with van der Waals surface area (Å²) in [6, 6.07) is 10.4. The van der Waals surface area contributed by atoms with Gasteiger partial charge in [0.15, 0.2) is 5.01 Å². The third kappa shape index (κ3) is 2.20. The van der Waals surface area contributed by atoms with E-state index in [1.165, 1.54) is 17.4 Å². The number of benzene rings is 1. The minimum atomic E-state index is -0.335. The summed E-state index contributed by atoms with van der Waals surface area (Å²) in [5.41, 5.74) is 1.11. The quantitative estimate of drug-likeness (QED) is 0.534. The molecular weight excluding hydrogens is 369 g/mol. The van der Waals surface area contributed by atoms with Crippen molar-refractivity contribution in [3.8, 4) is 22.1 Å². The molecule has 22 heavy (non-hydrogen) atoms. The largest absolute Gasteiger partial charge is 0.253 e. The molecule has 8 heteroatoms. The van der Waals surface area contributed by atoms with E-state index in [9.17, 15) is 4.39 Å². The third-order valence-corrected chi connectivity index (χ3v) is 4.47. The second-order valence-electron chi connectivity index (χ2n) is 4.46. The number of fused-ring (bicyclic) bond motifs is 1. The summed E-state index contributed by atoms with van der Waals surface area (Å²) in [6.45, 7) is 0. The predicted octanol–water partition coefficient (Wildman–Crippen LogP) is 3.82. The average molecular weight is 376 g/mol. The zero-order chi connectivity index (χ0) is 15.1. The predicted molar refractivity (Wildman–Crippen MR) is 85.0 cm³/mol. The van der Waals surface area contributed by atoms with Crippen LogP contribution in [0.15, 0.2) is 47.1 Å². The third-order valence-electron chi connectivity index (χ3n) is 3.05. The minimum Gasteiger partial charge on any atom is -0.253 e. The van der Waals surface area contributed by atoms with Crippen molar-refractivity contribution in [2.45, 2.75) is 0 Å². The topological polar surface area (TPSA) is 56.0 Å². The number of halogens is 2. The van der Waals surface area contributed by atoms with Crippen molar-refractivity contribution in [3.63, 3.8) is 0 Å². The fourth-order valence-corrected chi connectivity index (χ4v) is 3.24. The lowest BCUT2D eigenvalue weighted by atomic mass is 10.2. The van der Waals surface area contributed by atoms with Gasteiger partial charge in [0.2, 0.25) is 10.8 Å². The van der Waals surface area contributed by atoms with Gasteiger partial charge in [0.25, 0.3) is 0 Å². The smallest absolute Gasteiger partial charge is 0.235 e. The van der Waals surface area contributed by atoms with E-state index in [4.69, 9.17) is 0 Å². The molecule has 4 rings (SSSR count). The Hall–Kier alpha value is -2.19. The monoisotopic (exact) mass is 375 g/mol. The first-order valence-electron chi connectivity index (χ1n) is 6.31. The van der Waals surface area contributed by atoms with Crippen molar-refractivity contribution < 1.29 is 4.39 Å². The maximum absolute atomic E-state index is 14.1. The first-order chi connectivity index (χ1) is 10.7. The lowest BCUT2D eigenvalue weighted by Crippen LogP contribution is -1.93. The van der Waals surface area contributed by atoms with Gasteiger partial charge in [-0.25, -0.2) is 4.39 Å². The molecule has 0 aliphatic carbocycles. The van der Waals surface area contributed by atoms with Crippen LogP contribution >= 0.6 is 27.3 Å². The van der Waals surface area contributed by atoms with Crippen LogP contribution in [0.3, 0.4) is 0 Å². The Kier molecular flexibility index (Phi) is 3.20. The molecule has 1 aromatic carbocycles. The van der Waals surface area contributed by atoms with Crippen molar-refractivity contribution in [2.24, 2.45) is 0 Å². The van der Waals surface area contributed by atoms with Crippen LogP contribution in [0.4, 0.5) is 4.39 Å². The highest BCUT2D eigenvalue weighted by molar-refractivity contribution is 9.10. The fraction of sp³-hybridized carbons (Fsp3) is 0. The first kappa shape index (κ1) is 13.5. The summed E-state index contributed by atoms with van der Waals surface area (Å²) in [5, 5.41) is 13.2. The molecule has 0 radical (unpaired) electrons. The lowest BCUT2D eigenvalue weighted by Gasteiger charge is -1.99. The van der Waals surface area contributed by atoms with Crippen molar-refractivity contribution in [1.82, 2.24) is 24.8 Å².